The Balaban J connectivity index is 3.25. The highest BCUT2D eigenvalue weighted by atomic mass is 16.5. The molecule has 4 heteroatoms. The second-order valence-electron chi connectivity index (χ2n) is 7.67. The van der Waals surface area contributed by atoms with Crippen molar-refractivity contribution in [2.24, 2.45) is 23.2 Å². The largest absolute Gasteiger partial charge is 0.481 e. The van der Waals surface area contributed by atoms with Gasteiger partial charge in [0.2, 0.25) is 0 Å². The van der Waals surface area contributed by atoms with E-state index < -0.39 is 17.3 Å². The standard InChI is InChI=1S/C20H36O4/c1-5-7-13-20(16-11-9-10-12-16,17(15(3)4)18(21)22)19(23)24-14-8-6-2/h15-17H,5-14H2,1-4H3,(H,21,22). The van der Waals surface area contributed by atoms with E-state index in [0.29, 0.717) is 13.0 Å². The van der Waals surface area contributed by atoms with Crippen LogP contribution in [0.5, 0.6) is 0 Å². The summed E-state index contributed by atoms with van der Waals surface area (Å²) in [6.07, 6.45) is 8.33. The van der Waals surface area contributed by atoms with Crippen LogP contribution in [0.1, 0.15) is 85.5 Å². The molecule has 0 amide bonds. The Labute approximate surface area is 147 Å². The van der Waals surface area contributed by atoms with Crippen LogP contribution < -0.4 is 0 Å². The highest BCUT2D eigenvalue weighted by Gasteiger charge is 2.56. The van der Waals surface area contributed by atoms with Gasteiger partial charge in [0.1, 0.15) is 0 Å². The molecular weight excluding hydrogens is 304 g/mol. The second kappa shape index (κ2) is 10.0. The van der Waals surface area contributed by atoms with Crippen LogP contribution in [0.2, 0.25) is 0 Å². The normalized spacial score (nSPS) is 19.2. The van der Waals surface area contributed by atoms with Gasteiger partial charge in [0.15, 0.2) is 0 Å². The maximum Gasteiger partial charge on any atom is 0.313 e. The Bertz CT molecular complexity index is 398. The number of hydrogen-bond donors (Lipinski definition) is 1. The van der Waals surface area contributed by atoms with Gasteiger partial charge >= 0.3 is 11.9 Å². The fourth-order valence-corrected chi connectivity index (χ4v) is 4.46. The molecule has 0 radical (unpaired) electrons. The summed E-state index contributed by atoms with van der Waals surface area (Å²) in [4.78, 5) is 25.3. The molecule has 1 rings (SSSR count). The van der Waals surface area contributed by atoms with E-state index >= 15 is 0 Å². The number of carboxylic acids is 1. The lowest BCUT2D eigenvalue weighted by Gasteiger charge is -2.43. The van der Waals surface area contributed by atoms with Crippen molar-refractivity contribution < 1.29 is 19.4 Å². The molecule has 0 heterocycles. The van der Waals surface area contributed by atoms with Crippen molar-refractivity contribution in [3.63, 3.8) is 0 Å². The van der Waals surface area contributed by atoms with Crippen LogP contribution in [0.3, 0.4) is 0 Å². The molecule has 0 spiro atoms. The fraction of sp³-hybridized carbons (Fsp3) is 0.900. The minimum atomic E-state index is -0.861. The van der Waals surface area contributed by atoms with Gasteiger partial charge in [0, 0.05) is 0 Å². The van der Waals surface area contributed by atoms with Gasteiger partial charge in [-0.1, -0.05) is 59.8 Å². The zero-order valence-corrected chi connectivity index (χ0v) is 16.0. The Morgan fingerprint density at radius 1 is 1.12 bits per heavy atom. The van der Waals surface area contributed by atoms with Crippen molar-refractivity contribution in [3.05, 3.63) is 0 Å². The number of esters is 1. The van der Waals surface area contributed by atoms with E-state index in [4.69, 9.17) is 4.74 Å². The van der Waals surface area contributed by atoms with Gasteiger partial charge in [-0.3, -0.25) is 9.59 Å². The first-order valence-electron chi connectivity index (χ1n) is 9.81. The van der Waals surface area contributed by atoms with Crippen LogP contribution in [0, 0.1) is 23.2 Å². The van der Waals surface area contributed by atoms with Gasteiger partial charge < -0.3 is 9.84 Å². The van der Waals surface area contributed by atoms with Crippen molar-refractivity contribution in [2.75, 3.05) is 6.61 Å². The predicted molar refractivity (Wildman–Crippen MR) is 95.7 cm³/mol. The van der Waals surface area contributed by atoms with Gasteiger partial charge in [0.25, 0.3) is 0 Å². The summed E-state index contributed by atoms with van der Waals surface area (Å²) in [5.74, 6) is -1.71. The first-order chi connectivity index (χ1) is 11.4. The second-order valence-corrected chi connectivity index (χ2v) is 7.67. The van der Waals surface area contributed by atoms with Crippen molar-refractivity contribution in [3.8, 4) is 0 Å². The van der Waals surface area contributed by atoms with Crippen molar-refractivity contribution >= 4 is 11.9 Å². The molecule has 2 unspecified atom stereocenters. The van der Waals surface area contributed by atoms with E-state index in [2.05, 4.69) is 13.8 Å². The molecule has 1 saturated carbocycles. The Morgan fingerprint density at radius 3 is 2.17 bits per heavy atom. The predicted octanol–water partition coefficient (Wildman–Crippen LogP) is 5.05. The summed E-state index contributed by atoms with van der Waals surface area (Å²) >= 11 is 0. The van der Waals surface area contributed by atoms with Crippen molar-refractivity contribution in [1.29, 1.82) is 0 Å². The van der Waals surface area contributed by atoms with Crippen LogP contribution in [-0.4, -0.2) is 23.7 Å². The number of aliphatic carboxylic acids is 1. The summed E-state index contributed by atoms with van der Waals surface area (Å²) in [7, 11) is 0. The SMILES string of the molecule is CCCCOC(=O)C(CCCC)(C1CCCC1)C(C(=O)O)C(C)C. The summed E-state index contributed by atoms with van der Waals surface area (Å²) in [5, 5.41) is 9.95. The Morgan fingerprint density at radius 2 is 1.71 bits per heavy atom. The third-order valence-electron chi connectivity index (χ3n) is 5.63. The number of carbonyl (C=O) groups excluding carboxylic acids is 1. The molecule has 4 nitrogen and oxygen atoms in total. The number of rotatable bonds is 11. The Kier molecular flexibility index (Phi) is 8.79. The van der Waals surface area contributed by atoms with Crippen LogP contribution in [0.15, 0.2) is 0 Å². The molecule has 1 aliphatic rings. The first-order valence-corrected chi connectivity index (χ1v) is 9.81. The van der Waals surface area contributed by atoms with Gasteiger partial charge in [-0.2, -0.15) is 0 Å². The van der Waals surface area contributed by atoms with Gasteiger partial charge in [-0.25, -0.2) is 0 Å². The highest BCUT2D eigenvalue weighted by Crippen LogP contribution is 2.51. The molecule has 24 heavy (non-hydrogen) atoms. The number of hydrogen-bond acceptors (Lipinski definition) is 3. The molecule has 2 atom stereocenters. The zero-order valence-electron chi connectivity index (χ0n) is 16.0. The molecule has 0 bridgehead atoms. The van der Waals surface area contributed by atoms with Crippen molar-refractivity contribution in [2.45, 2.75) is 85.5 Å². The lowest BCUT2D eigenvalue weighted by molar-refractivity contribution is -0.176. The number of carboxylic acid groups (broad SMARTS) is 1. The highest BCUT2D eigenvalue weighted by molar-refractivity contribution is 5.85. The van der Waals surface area contributed by atoms with Gasteiger partial charge in [0.05, 0.1) is 17.9 Å². The topological polar surface area (TPSA) is 63.6 Å². The van der Waals surface area contributed by atoms with Crippen LogP contribution >= 0.6 is 0 Å². The third-order valence-corrected chi connectivity index (χ3v) is 5.63. The smallest absolute Gasteiger partial charge is 0.313 e. The van der Waals surface area contributed by atoms with Crippen LogP contribution in [0.25, 0.3) is 0 Å². The van der Waals surface area contributed by atoms with E-state index in [0.717, 1.165) is 51.4 Å². The van der Waals surface area contributed by atoms with Gasteiger partial charge in [-0.05, 0) is 37.5 Å². The summed E-state index contributed by atoms with van der Waals surface area (Å²) in [6.45, 7) is 8.40. The van der Waals surface area contributed by atoms with Crippen LogP contribution in [-0.2, 0) is 14.3 Å². The number of carbonyl (C=O) groups is 2. The van der Waals surface area contributed by atoms with Crippen molar-refractivity contribution in [1.82, 2.24) is 0 Å². The Hall–Kier alpha value is -1.06. The molecule has 1 N–H and O–H groups in total. The number of unbranched alkanes of at least 4 members (excludes halogenated alkanes) is 2. The molecule has 0 aromatic carbocycles. The minimum absolute atomic E-state index is 0.0846. The summed E-state index contributed by atoms with van der Waals surface area (Å²) in [6, 6.07) is 0. The van der Waals surface area contributed by atoms with Gasteiger partial charge in [-0.15, -0.1) is 0 Å². The lowest BCUT2D eigenvalue weighted by atomic mass is 9.60. The average molecular weight is 341 g/mol. The van der Waals surface area contributed by atoms with E-state index in [-0.39, 0.29) is 17.8 Å². The molecular formula is C20H36O4. The third kappa shape index (κ3) is 4.73. The minimum Gasteiger partial charge on any atom is -0.481 e. The summed E-state index contributed by atoms with van der Waals surface area (Å²) in [5.41, 5.74) is -0.861. The average Bonchev–Trinajstić information content (AvgIpc) is 3.05. The fourth-order valence-electron chi connectivity index (χ4n) is 4.46. The first kappa shape index (κ1) is 21.0. The van der Waals surface area contributed by atoms with E-state index in [1.54, 1.807) is 0 Å². The zero-order chi connectivity index (χ0) is 18.2. The monoisotopic (exact) mass is 340 g/mol. The molecule has 0 aliphatic heterocycles. The molecule has 0 saturated heterocycles. The van der Waals surface area contributed by atoms with E-state index in [1.807, 2.05) is 13.8 Å². The molecule has 0 aromatic heterocycles. The molecule has 1 aliphatic carbocycles. The van der Waals surface area contributed by atoms with E-state index in [1.165, 1.54) is 0 Å². The number of ether oxygens (including phenoxy) is 1. The molecule has 0 aromatic rings. The van der Waals surface area contributed by atoms with Crippen LogP contribution in [0.4, 0.5) is 0 Å². The maximum atomic E-state index is 13.2. The maximum absolute atomic E-state index is 13.2. The summed E-state index contributed by atoms with van der Waals surface area (Å²) < 4.78 is 5.64. The lowest BCUT2D eigenvalue weighted by Crippen LogP contribution is -2.50. The van der Waals surface area contributed by atoms with E-state index in [9.17, 15) is 14.7 Å². The quantitative estimate of drug-likeness (QED) is 0.422. The molecule has 140 valence electrons. The molecule has 1 fully saturated rings.